The molecule has 0 unspecified atom stereocenters. The summed E-state index contributed by atoms with van der Waals surface area (Å²) in [5.41, 5.74) is -0.219. The van der Waals surface area contributed by atoms with E-state index in [-0.39, 0.29) is 22.5 Å². The Morgan fingerprint density at radius 3 is 2.62 bits per heavy atom. The minimum absolute atomic E-state index is 0.0480. The summed E-state index contributed by atoms with van der Waals surface area (Å²) in [4.78, 5) is 25.0. The lowest BCUT2D eigenvalue weighted by Crippen LogP contribution is -2.38. The Morgan fingerprint density at radius 2 is 2.00 bits per heavy atom. The minimum atomic E-state index is -0.666. The molecular formula is C21H24O5. The summed E-state index contributed by atoms with van der Waals surface area (Å²) in [7, 11) is 1.56. The van der Waals surface area contributed by atoms with Crippen LogP contribution in [0.25, 0.3) is 11.0 Å². The molecule has 0 aliphatic heterocycles. The Kier molecular flexibility index (Phi) is 3.69. The van der Waals surface area contributed by atoms with Gasteiger partial charge in [-0.1, -0.05) is 20.8 Å². The average molecular weight is 356 g/mol. The Balaban J connectivity index is 1.65. The third-order valence-corrected chi connectivity index (χ3v) is 7.12. The number of fused-ring (bicyclic) bond motifs is 3. The van der Waals surface area contributed by atoms with Crippen molar-refractivity contribution in [2.24, 2.45) is 16.7 Å². The van der Waals surface area contributed by atoms with Crippen molar-refractivity contribution in [1.29, 1.82) is 0 Å². The third kappa shape index (κ3) is 2.29. The maximum absolute atomic E-state index is 12.7. The quantitative estimate of drug-likeness (QED) is 0.610. The van der Waals surface area contributed by atoms with Crippen LogP contribution in [-0.4, -0.2) is 19.2 Å². The molecule has 4 rings (SSSR count). The van der Waals surface area contributed by atoms with Gasteiger partial charge in [0.15, 0.2) is 0 Å². The SMILES string of the molecule is COc1ccc2oc(=O)c(C(=O)O[C@@H]3C[C@H]4CC[C@@]3(C)C4(C)C)cc2c1. The molecule has 0 amide bonds. The molecule has 5 nitrogen and oxygen atoms in total. The molecule has 2 saturated carbocycles. The minimum Gasteiger partial charge on any atom is -0.497 e. The summed E-state index contributed by atoms with van der Waals surface area (Å²) in [5, 5.41) is 0.635. The molecule has 2 aliphatic carbocycles. The smallest absolute Gasteiger partial charge is 0.351 e. The Labute approximate surface area is 152 Å². The van der Waals surface area contributed by atoms with Crippen LogP contribution < -0.4 is 10.4 Å². The van der Waals surface area contributed by atoms with Crippen LogP contribution in [0.3, 0.4) is 0 Å². The molecule has 138 valence electrons. The maximum Gasteiger partial charge on any atom is 0.351 e. The largest absolute Gasteiger partial charge is 0.497 e. The summed E-state index contributed by atoms with van der Waals surface area (Å²) < 4.78 is 16.3. The highest BCUT2D eigenvalue weighted by atomic mass is 16.5. The van der Waals surface area contributed by atoms with Crippen molar-refractivity contribution in [2.45, 2.75) is 46.1 Å². The molecule has 2 bridgehead atoms. The molecule has 1 heterocycles. The van der Waals surface area contributed by atoms with E-state index in [1.165, 1.54) is 12.5 Å². The van der Waals surface area contributed by atoms with Gasteiger partial charge in [0.25, 0.3) is 0 Å². The second-order valence-corrected chi connectivity index (χ2v) is 8.36. The molecule has 5 heteroatoms. The molecule has 2 aromatic rings. The summed E-state index contributed by atoms with van der Waals surface area (Å²) in [6.07, 6.45) is 2.92. The van der Waals surface area contributed by atoms with Gasteiger partial charge in [-0.05, 0) is 54.9 Å². The van der Waals surface area contributed by atoms with Gasteiger partial charge in [0, 0.05) is 10.8 Å². The predicted octanol–water partition coefficient (Wildman–Crippen LogP) is 4.17. The molecule has 0 saturated heterocycles. The number of carbonyl (C=O) groups excluding carboxylic acids is 1. The van der Waals surface area contributed by atoms with Crippen LogP contribution in [0.2, 0.25) is 0 Å². The molecule has 1 aromatic carbocycles. The monoisotopic (exact) mass is 356 g/mol. The van der Waals surface area contributed by atoms with Crippen molar-refractivity contribution in [1.82, 2.24) is 0 Å². The fourth-order valence-corrected chi connectivity index (χ4v) is 4.87. The summed E-state index contributed by atoms with van der Waals surface area (Å²) in [6, 6.07) is 6.63. The van der Waals surface area contributed by atoms with E-state index in [2.05, 4.69) is 20.8 Å². The van der Waals surface area contributed by atoms with Gasteiger partial charge in [-0.3, -0.25) is 0 Å². The van der Waals surface area contributed by atoms with Crippen molar-refractivity contribution in [2.75, 3.05) is 7.11 Å². The number of esters is 1. The van der Waals surface area contributed by atoms with Crippen molar-refractivity contribution in [3.63, 3.8) is 0 Å². The van der Waals surface area contributed by atoms with Gasteiger partial charge < -0.3 is 13.9 Å². The Bertz CT molecular complexity index is 941. The first-order valence-electron chi connectivity index (χ1n) is 9.09. The molecule has 0 spiro atoms. The highest BCUT2D eigenvalue weighted by molar-refractivity contribution is 5.93. The number of rotatable bonds is 3. The molecule has 2 aliphatic rings. The van der Waals surface area contributed by atoms with E-state index in [0.717, 1.165) is 12.8 Å². The van der Waals surface area contributed by atoms with Crippen LogP contribution in [0, 0.1) is 16.7 Å². The van der Waals surface area contributed by atoms with Crippen molar-refractivity contribution in [3.05, 3.63) is 40.2 Å². The van der Waals surface area contributed by atoms with Crippen LogP contribution in [0.4, 0.5) is 0 Å². The number of benzene rings is 1. The number of methoxy groups -OCH3 is 1. The zero-order valence-corrected chi connectivity index (χ0v) is 15.6. The molecule has 2 fully saturated rings. The van der Waals surface area contributed by atoms with Crippen molar-refractivity contribution in [3.8, 4) is 5.75 Å². The first kappa shape index (κ1) is 17.1. The van der Waals surface area contributed by atoms with Gasteiger partial charge >= 0.3 is 11.6 Å². The second kappa shape index (κ2) is 5.60. The molecule has 0 N–H and O–H groups in total. The predicted molar refractivity (Wildman–Crippen MR) is 97.5 cm³/mol. The van der Waals surface area contributed by atoms with Crippen LogP contribution in [0.1, 0.15) is 50.4 Å². The zero-order chi connectivity index (χ0) is 18.7. The van der Waals surface area contributed by atoms with E-state index in [1.807, 2.05) is 0 Å². The first-order chi connectivity index (χ1) is 12.3. The number of carbonyl (C=O) groups is 1. The fraction of sp³-hybridized carbons (Fsp3) is 0.524. The van der Waals surface area contributed by atoms with Crippen LogP contribution in [0.15, 0.2) is 33.5 Å². The van der Waals surface area contributed by atoms with Gasteiger partial charge in [0.2, 0.25) is 0 Å². The third-order valence-electron chi connectivity index (χ3n) is 7.12. The van der Waals surface area contributed by atoms with E-state index in [0.29, 0.717) is 22.6 Å². The second-order valence-electron chi connectivity index (χ2n) is 8.36. The number of hydrogen-bond donors (Lipinski definition) is 0. The van der Waals surface area contributed by atoms with Gasteiger partial charge in [0.1, 0.15) is 23.0 Å². The molecule has 0 radical (unpaired) electrons. The van der Waals surface area contributed by atoms with E-state index < -0.39 is 11.6 Å². The molecule has 26 heavy (non-hydrogen) atoms. The number of ether oxygens (including phenoxy) is 2. The molecule has 1 aromatic heterocycles. The van der Waals surface area contributed by atoms with Gasteiger partial charge in [-0.25, -0.2) is 9.59 Å². The van der Waals surface area contributed by atoms with Gasteiger partial charge in [-0.15, -0.1) is 0 Å². The fourth-order valence-electron chi connectivity index (χ4n) is 4.87. The van der Waals surface area contributed by atoms with Crippen molar-refractivity contribution < 1.29 is 18.7 Å². The van der Waals surface area contributed by atoms with E-state index >= 15 is 0 Å². The molecule has 3 atom stereocenters. The van der Waals surface area contributed by atoms with Crippen LogP contribution >= 0.6 is 0 Å². The lowest BCUT2D eigenvalue weighted by Gasteiger charge is -2.38. The topological polar surface area (TPSA) is 65.7 Å². The lowest BCUT2D eigenvalue weighted by molar-refractivity contribution is -0.0245. The Hall–Kier alpha value is -2.30. The van der Waals surface area contributed by atoms with E-state index in [1.54, 1.807) is 25.3 Å². The first-order valence-corrected chi connectivity index (χ1v) is 9.09. The Morgan fingerprint density at radius 1 is 1.23 bits per heavy atom. The van der Waals surface area contributed by atoms with Crippen LogP contribution in [0.5, 0.6) is 5.75 Å². The number of hydrogen-bond acceptors (Lipinski definition) is 5. The van der Waals surface area contributed by atoms with Gasteiger partial charge in [-0.2, -0.15) is 0 Å². The summed E-state index contributed by atoms with van der Waals surface area (Å²) >= 11 is 0. The molecular weight excluding hydrogens is 332 g/mol. The zero-order valence-electron chi connectivity index (χ0n) is 15.6. The highest BCUT2D eigenvalue weighted by Crippen LogP contribution is 2.66. The maximum atomic E-state index is 12.7. The van der Waals surface area contributed by atoms with E-state index in [4.69, 9.17) is 13.9 Å². The van der Waals surface area contributed by atoms with Gasteiger partial charge in [0.05, 0.1) is 7.11 Å². The van der Waals surface area contributed by atoms with E-state index in [9.17, 15) is 9.59 Å². The van der Waals surface area contributed by atoms with Crippen LogP contribution in [-0.2, 0) is 4.74 Å². The lowest BCUT2D eigenvalue weighted by atomic mass is 9.70. The standard InChI is InChI=1S/C21H24O5/c1-20(2)13-7-8-21(20,3)17(11-13)26-19(23)15-10-12-9-14(24-4)5-6-16(12)25-18(15)22/h5-6,9-10,13,17H,7-8,11H2,1-4H3/t13-,17-,21-/m1/s1. The average Bonchev–Trinajstić information content (AvgIpc) is 2.94. The van der Waals surface area contributed by atoms with Crippen molar-refractivity contribution >= 4 is 16.9 Å². The normalized spacial score (nSPS) is 29.1. The summed E-state index contributed by atoms with van der Waals surface area (Å²) in [5.74, 6) is 0.591. The highest BCUT2D eigenvalue weighted by Gasteiger charge is 2.62. The summed E-state index contributed by atoms with van der Waals surface area (Å²) in [6.45, 7) is 6.72.